The van der Waals surface area contributed by atoms with E-state index in [1.165, 1.54) is 12.1 Å². The summed E-state index contributed by atoms with van der Waals surface area (Å²) in [6.45, 7) is 1.32. The van der Waals surface area contributed by atoms with Gasteiger partial charge in [0.05, 0.1) is 17.7 Å². The molecule has 1 fully saturated rings. The lowest BCUT2D eigenvalue weighted by Crippen LogP contribution is -2.31. The van der Waals surface area contributed by atoms with Crippen molar-refractivity contribution in [3.05, 3.63) is 48.0 Å². The zero-order valence-electron chi connectivity index (χ0n) is 13.6. The first-order chi connectivity index (χ1) is 12.0. The summed E-state index contributed by atoms with van der Waals surface area (Å²) in [4.78, 5) is 0. The summed E-state index contributed by atoms with van der Waals surface area (Å²) >= 11 is 0. The molecule has 0 spiro atoms. The standard InChI is InChI=1S/C19H19F3N2O/c20-19(21,22)12-7-8-16-14(10-12)13-4-1-2-5-15(13)24(16)17-6-3-9-23-11-18(17)25/h1-2,4-5,7-8,10,17-18,23,25H,3,6,9,11H2/t17-,18-/m0/s1. The molecule has 4 rings (SSSR count). The number of benzene rings is 2. The van der Waals surface area contributed by atoms with Gasteiger partial charge in [-0.1, -0.05) is 18.2 Å². The van der Waals surface area contributed by atoms with Crippen LogP contribution >= 0.6 is 0 Å². The average Bonchev–Trinajstić information content (AvgIpc) is 2.76. The van der Waals surface area contributed by atoms with Gasteiger partial charge in [-0.2, -0.15) is 13.2 Å². The predicted octanol–water partition coefficient (Wildman–Crippen LogP) is 4.10. The zero-order valence-corrected chi connectivity index (χ0v) is 13.6. The number of hydrogen-bond donors (Lipinski definition) is 2. The molecule has 1 aliphatic rings. The van der Waals surface area contributed by atoms with E-state index in [1.54, 1.807) is 0 Å². The molecule has 6 heteroatoms. The van der Waals surface area contributed by atoms with Crippen molar-refractivity contribution in [2.75, 3.05) is 13.1 Å². The van der Waals surface area contributed by atoms with Crippen molar-refractivity contribution in [1.82, 2.24) is 9.88 Å². The van der Waals surface area contributed by atoms with E-state index >= 15 is 0 Å². The van der Waals surface area contributed by atoms with Gasteiger partial charge in [0.1, 0.15) is 0 Å². The van der Waals surface area contributed by atoms with E-state index in [4.69, 9.17) is 0 Å². The molecule has 2 atom stereocenters. The van der Waals surface area contributed by atoms with Gasteiger partial charge in [-0.05, 0) is 43.7 Å². The highest BCUT2D eigenvalue weighted by Crippen LogP contribution is 2.38. The fraction of sp³-hybridized carbons (Fsp3) is 0.368. The molecule has 2 heterocycles. The Balaban J connectivity index is 1.99. The van der Waals surface area contributed by atoms with Gasteiger partial charge in [0.2, 0.25) is 0 Å². The molecule has 1 aromatic heterocycles. The second-order valence-corrected chi connectivity index (χ2v) is 6.60. The molecular weight excluding hydrogens is 329 g/mol. The normalized spacial score (nSPS) is 22.4. The Morgan fingerprint density at radius 3 is 2.60 bits per heavy atom. The molecule has 0 bridgehead atoms. The Bertz CT molecular complexity index is 916. The molecule has 2 aromatic carbocycles. The molecule has 0 unspecified atom stereocenters. The number of alkyl halides is 3. The summed E-state index contributed by atoms with van der Waals surface area (Å²) in [6, 6.07) is 11.2. The van der Waals surface area contributed by atoms with Crippen LogP contribution in [0.3, 0.4) is 0 Å². The summed E-state index contributed by atoms with van der Waals surface area (Å²) in [5.41, 5.74) is 0.953. The lowest BCUT2D eigenvalue weighted by molar-refractivity contribution is -0.137. The number of nitrogens with one attached hydrogen (secondary N) is 1. The maximum atomic E-state index is 13.1. The molecule has 1 aliphatic heterocycles. The fourth-order valence-corrected chi connectivity index (χ4v) is 3.85. The number of aliphatic hydroxyl groups is 1. The lowest BCUT2D eigenvalue weighted by atomic mass is 10.1. The maximum Gasteiger partial charge on any atom is 0.416 e. The molecule has 0 amide bonds. The van der Waals surface area contributed by atoms with E-state index in [-0.39, 0.29) is 6.04 Å². The summed E-state index contributed by atoms with van der Waals surface area (Å²) in [5, 5.41) is 15.1. The van der Waals surface area contributed by atoms with Gasteiger partial charge in [-0.3, -0.25) is 0 Å². The third kappa shape index (κ3) is 2.79. The van der Waals surface area contributed by atoms with Gasteiger partial charge >= 0.3 is 6.18 Å². The second-order valence-electron chi connectivity index (χ2n) is 6.60. The number of halogens is 3. The number of aliphatic hydroxyl groups excluding tert-OH is 1. The van der Waals surface area contributed by atoms with Crippen molar-refractivity contribution in [2.45, 2.75) is 31.2 Å². The highest BCUT2D eigenvalue weighted by Gasteiger charge is 2.32. The first kappa shape index (κ1) is 16.4. The highest BCUT2D eigenvalue weighted by atomic mass is 19.4. The van der Waals surface area contributed by atoms with Crippen LogP contribution in [0.2, 0.25) is 0 Å². The molecular formula is C19H19F3N2O. The second kappa shape index (κ2) is 6.04. The van der Waals surface area contributed by atoms with Crippen LogP contribution < -0.4 is 5.32 Å². The van der Waals surface area contributed by atoms with Crippen molar-refractivity contribution in [3.8, 4) is 0 Å². The van der Waals surface area contributed by atoms with Gasteiger partial charge in [0.15, 0.2) is 0 Å². The highest BCUT2D eigenvalue weighted by molar-refractivity contribution is 6.08. The summed E-state index contributed by atoms with van der Waals surface area (Å²) < 4.78 is 41.4. The zero-order chi connectivity index (χ0) is 17.6. The van der Waals surface area contributed by atoms with E-state index in [0.717, 1.165) is 41.9 Å². The Morgan fingerprint density at radius 1 is 1.04 bits per heavy atom. The molecule has 0 aliphatic carbocycles. The summed E-state index contributed by atoms with van der Waals surface area (Å²) in [5.74, 6) is 0. The van der Waals surface area contributed by atoms with Crippen LogP contribution in [0.4, 0.5) is 13.2 Å². The van der Waals surface area contributed by atoms with Crippen molar-refractivity contribution < 1.29 is 18.3 Å². The Kier molecular flexibility index (Phi) is 3.96. The Labute approximate surface area is 143 Å². The molecule has 0 radical (unpaired) electrons. The van der Waals surface area contributed by atoms with E-state index in [1.807, 2.05) is 28.8 Å². The minimum Gasteiger partial charge on any atom is -0.390 e. The summed E-state index contributed by atoms with van der Waals surface area (Å²) in [6.07, 6.45) is -3.26. The third-order valence-electron chi connectivity index (χ3n) is 5.02. The first-order valence-electron chi connectivity index (χ1n) is 8.45. The third-order valence-corrected chi connectivity index (χ3v) is 5.02. The van der Waals surface area contributed by atoms with Crippen LogP contribution in [0, 0.1) is 0 Å². The number of hydrogen-bond acceptors (Lipinski definition) is 2. The van der Waals surface area contributed by atoms with Gasteiger partial charge < -0.3 is 15.0 Å². The van der Waals surface area contributed by atoms with Crippen LogP contribution in [0.15, 0.2) is 42.5 Å². The number of nitrogens with zero attached hydrogens (tertiary/aromatic N) is 1. The van der Waals surface area contributed by atoms with E-state index in [2.05, 4.69) is 5.32 Å². The van der Waals surface area contributed by atoms with Gasteiger partial charge in [-0.25, -0.2) is 0 Å². The van der Waals surface area contributed by atoms with Crippen LogP contribution in [-0.4, -0.2) is 28.9 Å². The Morgan fingerprint density at radius 2 is 1.80 bits per heavy atom. The molecule has 3 nitrogen and oxygen atoms in total. The molecule has 132 valence electrons. The van der Waals surface area contributed by atoms with Crippen LogP contribution in [0.5, 0.6) is 0 Å². The number of β-amino-alcohol motifs (C(OH)–C–C–N with tert-alkyl or cyclic N) is 1. The number of aromatic nitrogens is 1. The van der Waals surface area contributed by atoms with Crippen LogP contribution in [0.1, 0.15) is 24.4 Å². The molecule has 3 aromatic rings. The molecule has 0 saturated carbocycles. The maximum absolute atomic E-state index is 13.1. The van der Waals surface area contributed by atoms with Crippen molar-refractivity contribution >= 4 is 21.8 Å². The van der Waals surface area contributed by atoms with Gasteiger partial charge in [0, 0.05) is 28.4 Å². The Hall–Kier alpha value is -2.05. The smallest absolute Gasteiger partial charge is 0.390 e. The first-order valence-corrected chi connectivity index (χ1v) is 8.45. The number of rotatable bonds is 1. The summed E-state index contributed by atoms with van der Waals surface area (Å²) in [7, 11) is 0. The number of para-hydroxylation sites is 1. The minimum atomic E-state index is -4.37. The van der Waals surface area contributed by atoms with Crippen molar-refractivity contribution in [3.63, 3.8) is 0 Å². The largest absolute Gasteiger partial charge is 0.416 e. The molecule has 2 N–H and O–H groups in total. The van der Waals surface area contributed by atoms with E-state index < -0.39 is 17.8 Å². The predicted molar refractivity (Wildman–Crippen MR) is 91.6 cm³/mol. The molecule has 25 heavy (non-hydrogen) atoms. The monoisotopic (exact) mass is 348 g/mol. The van der Waals surface area contributed by atoms with Crippen LogP contribution in [-0.2, 0) is 6.18 Å². The average molecular weight is 348 g/mol. The SMILES string of the molecule is O[C@H]1CNCCC[C@@H]1n1c2ccccc2c2cc(C(F)(F)F)ccc21. The quantitative estimate of drug-likeness (QED) is 0.695. The van der Waals surface area contributed by atoms with Gasteiger partial charge in [0.25, 0.3) is 0 Å². The minimum absolute atomic E-state index is 0.158. The topological polar surface area (TPSA) is 37.2 Å². The van der Waals surface area contributed by atoms with Crippen molar-refractivity contribution in [1.29, 1.82) is 0 Å². The van der Waals surface area contributed by atoms with Gasteiger partial charge in [-0.15, -0.1) is 0 Å². The van der Waals surface area contributed by atoms with E-state index in [0.29, 0.717) is 11.9 Å². The molecule has 1 saturated heterocycles. The van der Waals surface area contributed by atoms with Crippen LogP contribution in [0.25, 0.3) is 21.8 Å². The number of fused-ring (bicyclic) bond motifs is 3. The lowest BCUT2D eigenvalue weighted by Gasteiger charge is -2.24. The fourth-order valence-electron chi connectivity index (χ4n) is 3.85. The van der Waals surface area contributed by atoms with Crippen molar-refractivity contribution in [2.24, 2.45) is 0 Å². The van der Waals surface area contributed by atoms with E-state index in [9.17, 15) is 18.3 Å².